The second kappa shape index (κ2) is 5.15. The molecule has 1 unspecified atom stereocenters. The van der Waals surface area contributed by atoms with Crippen molar-refractivity contribution in [2.75, 3.05) is 18.9 Å². The summed E-state index contributed by atoms with van der Waals surface area (Å²) < 4.78 is 49.7. The maximum absolute atomic E-state index is 13.0. The summed E-state index contributed by atoms with van der Waals surface area (Å²) in [6, 6.07) is 5.97. The van der Waals surface area contributed by atoms with Crippen LogP contribution in [0.25, 0.3) is 0 Å². The van der Waals surface area contributed by atoms with Gasteiger partial charge in [-0.15, -0.1) is 0 Å². The van der Waals surface area contributed by atoms with E-state index in [1.54, 1.807) is 18.2 Å². The average molecular weight is 291 g/mol. The van der Waals surface area contributed by atoms with E-state index in [1.165, 1.54) is 6.07 Å². The van der Waals surface area contributed by atoms with Gasteiger partial charge in [0.25, 0.3) is 5.92 Å². The zero-order valence-electron chi connectivity index (χ0n) is 10.1. The first kappa shape index (κ1) is 14.4. The lowest BCUT2D eigenvalue weighted by atomic mass is 10.0. The highest BCUT2D eigenvalue weighted by atomic mass is 32.2. The number of alkyl halides is 2. The number of sulfone groups is 1. The van der Waals surface area contributed by atoms with E-state index in [1.807, 2.05) is 0 Å². The molecule has 0 bridgehead atoms. The number of hydrogen-bond donors (Lipinski definition) is 2. The highest BCUT2D eigenvalue weighted by molar-refractivity contribution is 7.91. The first-order chi connectivity index (χ1) is 8.86. The van der Waals surface area contributed by atoms with Crippen LogP contribution in [0.3, 0.4) is 0 Å². The number of halogens is 2. The topological polar surface area (TPSA) is 66.4 Å². The molecule has 0 fully saturated rings. The molecule has 0 radical (unpaired) electrons. The molecule has 0 amide bonds. The Kier molecular flexibility index (Phi) is 3.89. The molecule has 0 saturated carbocycles. The van der Waals surface area contributed by atoms with E-state index in [9.17, 15) is 17.2 Å². The number of aliphatic hydroxyl groups is 1. The van der Waals surface area contributed by atoms with Crippen LogP contribution in [0.2, 0.25) is 0 Å². The molecule has 106 valence electrons. The number of hydrogen-bond acceptors (Lipinski definition) is 4. The second-order valence-corrected chi connectivity index (χ2v) is 6.67. The Hall–Kier alpha value is -1.05. The minimum atomic E-state index is -3.31. The Balaban J connectivity index is 2.21. The summed E-state index contributed by atoms with van der Waals surface area (Å²) in [5.74, 6) is -3.27. The summed E-state index contributed by atoms with van der Waals surface area (Å²) in [6.45, 7) is -1.91. The summed E-state index contributed by atoms with van der Waals surface area (Å²) in [7, 11) is -3.31. The fourth-order valence-corrected chi connectivity index (χ4v) is 3.75. The van der Waals surface area contributed by atoms with Crippen molar-refractivity contribution in [1.29, 1.82) is 0 Å². The fourth-order valence-electron chi connectivity index (χ4n) is 2.13. The van der Waals surface area contributed by atoms with Gasteiger partial charge in [0.1, 0.15) is 6.61 Å². The zero-order chi connectivity index (χ0) is 14.1. The lowest BCUT2D eigenvalue weighted by Gasteiger charge is -2.27. The highest BCUT2D eigenvalue weighted by Gasteiger charge is 2.33. The molecule has 1 heterocycles. The van der Waals surface area contributed by atoms with Gasteiger partial charge in [0.05, 0.1) is 17.2 Å². The predicted molar refractivity (Wildman–Crippen MR) is 65.9 cm³/mol. The minimum Gasteiger partial charge on any atom is -0.390 e. The van der Waals surface area contributed by atoms with Crippen molar-refractivity contribution in [3.63, 3.8) is 0 Å². The van der Waals surface area contributed by atoms with E-state index in [0.29, 0.717) is 5.56 Å². The molecule has 1 aliphatic rings. The molecule has 0 spiro atoms. The zero-order valence-corrected chi connectivity index (χ0v) is 11.0. The third-order valence-electron chi connectivity index (χ3n) is 3.14. The third-order valence-corrected chi connectivity index (χ3v) is 4.96. The van der Waals surface area contributed by atoms with Crippen molar-refractivity contribution < 1.29 is 22.3 Å². The van der Waals surface area contributed by atoms with Crippen molar-refractivity contribution in [3.05, 3.63) is 29.8 Å². The summed E-state index contributed by atoms with van der Waals surface area (Å²) >= 11 is 0. The van der Waals surface area contributed by atoms with Gasteiger partial charge in [-0.05, 0) is 18.1 Å². The van der Waals surface area contributed by atoms with Crippen LogP contribution in [0.5, 0.6) is 0 Å². The van der Waals surface area contributed by atoms with Crippen LogP contribution < -0.4 is 5.32 Å². The second-order valence-electron chi connectivity index (χ2n) is 4.59. The fraction of sp³-hybridized carbons (Fsp3) is 0.500. The number of rotatable bonds is 4. The van der Waals surface area contributed by atoms with Crippen molar-refractivity contribution in [3.8, 4) is 0 Å². The Morgan fingerprint density at radius 2 is 2.05 bits per heavy atom. The van der Waals surface area contributed by atoms with Crippen LogP contribution in [0.15, 0.2) is 29.2 Å². The van der Waals surface area contributed by atoms with Crippen molar-refractivity contribution in [2.45, 2.75) is 23.3 Å². The van der Waals surface area contributed by atoms with Gasteiger partial charge in [0.2, 0.25) is 0 Å². The van der Waals surface area contributed by atoms with Crippen LogP contribution in [-0.4, -0.2) is 38.4 Å². The van der Waals surface area contributed by atoms with Gasteiger partial charge in [0, 0.05) is 6.04 Å². The van der Waals surface area contributed by atoms with Crippen LogP contribution in [0, 0.1) is 0 Å². The first-order valence-corrected chi connectivity index (χ1v) is 7.55. The maximum Gasteiger partial charge on any atom is 0.282 e. The molecule has 2 N–H and O–H groups in total. The molecule has 1 aromatic rings. The van der Waals surface area contributed by atoms with E-state index in [0.717, 1.165) is 0 Å². The number of nitrogens with one attached hydrogen (secondary N) is 1. The number of benzene rings is 1. The van der Waals surface area contributed by atoms with E-state index >= 15 is 0 Å². The molecule has 1 aromatic carbocycles. The van der Waals surface area contributed by atoms with Gasteiger partial charge < -0.3 is 10.4 Å². The molecule has 0 aromatic heterocycles. The van der Waals surface area contributed by atoms with Crippen molar-refractivity contribution >= 4 is 9.84 Å². The maximum atomic E-state index is 13.0. The summed E-state index contributed by atoms with van der Waals surface area (Å²) in [5, 5.41) is 11.1. The molecule has 7 heteroatoms. The Bertz CT molecular complexity index is 560. The van der Waals surface area contributed by atoms with Crippen LogP contribution in [0.4, 0.5) is 8.78 Å². The number of fused-ring (bicyclic) bond motifs is 1. The highest BCUT2D eigenvalue weighted by Crippen LogP contribution is 2.32. The summed E-state index contributed by atoms with van der Waals surface area (Å²) in [6.07, 6.45) is 0.251. The van der Waals surface area contributed by atoms with Gasteiger partial charge >= 0.3 is 0 Å². The first-order valence-electron chi connectivity index (χ1n) is 5.89. The SMILES string of the molecule is O=S1(=O)CCC(NCC(F)(F)CO)c2ccccc21. The van der Waals surface area contributed by atoms with Gasteiger partial charge in [-0.3, -0.25) is 0 Å². The molecular weight excluding hydrogens is 276 g/mol. The van der Waals surface area contributed by atoms with Crippen molar-refractivity contribution in [2.24, 2.45) is 0 Å². The van der Waals surface area contributed by atoms with Crippen molar-refractivity contribution in [1.82, 2.24) is 5.32 Å². The van der Waals surface area contributed by atoms with E-state index in [2.05, 4.69) is 5.32 Å². The lowest BCUT2D eigenvalue weighted by Crippen LogP contribution is -2.39. The summed E-state index contributed by atoms with van der Waals surface area (Å²) in [5.41, 5.74) is 0.516. The third kappa shape index (κ3) is 3.10. The molecule has 0 saturated heterocycles. The standard InChI is InChI=1S/C12H15F2NO3S/c13-12(14,8-16)7-15-10-5-6-19(17,18)11-4-2-1-3-9(10)11/h1-4,10,15-16H,5-8H2. The lowest BCUT2D eigenvalue weighted by molar-refractivity contribution is -0.0495. The molecule has 1 atom stereocenters. The van der Waals surface area contributed by atoms with E-state index in [-0.39, 0.29) is 17.1 Å². The van der Waals surface area contributed by atoms with Crippen LogP contribution in [0.1, 0.15) is 18.0 Å². The Morgan fingerprint density at radius 1 is 1.37 bits per heavy atom. The Morgan fingerprint density at radius 3 is 2.74 bits per heavy atom. The molecule has 4 nitrogen and oxygen atoms in total. The molecule has 2 rings (SSSR count). The van der Waals surface area contributed by atoms with Crippen LogP contribution in [-0.2, 0) is 9.84 Å². The van der Waals surface area contributed by atoms with Gasteiger partial charge in [0.15, 0.2) is 9.84 Å². The molecule has 19 heavy (non-hydrogen) atoms. The average Bonchev–Trinajstić information content (AvgIpc) is 2.38. The Labute approximate surface area is 110 Å². The summed E-state index contributed by atoms with van der Waals surface area (Å²) in [4.78, 5) is 0.200. The van der Waals surface area contributed by atoms with Gasteiger partial charge in [-0.2, -0.15) is 0 Å². The van der Waals surface area contributed by atoms with Gasteiger partial charge in [-0.1, -0.05) is 18.2 Å². The van der Waals surface area contributed by atoms with E-state index in [4.69, 9.17) is 5.11 Å². The minimum absolute atomic E-state index is 0.0631. The monoisotopic (exact) mass is 291 g/mol. The molecule has 0 aliphatic carbocycles. The largest absolute Gasteiger partial charge is 0.390 e. The number of aliphatic hydroxyl groups excluding tert-OH is 1. The normalized spacial score (nSPS) is 21.9. The molecular formula is C12H15F2NO3S. The van der Waals surface area contributed by atoms with Gasteiger partial charge in [-0.25, -0.2) is 17.2 Å². The van der Waals surface area contributed by atoms with E-state index < -0.39 is 35.0 Å². The van der Waals surface area contributed by atoms with Crippen LogP contribution >= 0.6 is 0 Å². The molecule has 1 aliphatic heterocycles. The predicted octanol–water partition coefficient (Wildman–Crippen LogP) is 1.12. The smallest absolute Gasteiger partial charge is 0.282 e. The quantitative estimate of drug-likeness (QED) is 0.872.